The van der Waals surface area contributed by atoms with Crippen molar-refractivity contribution in [2.24, 2.45) is 5.73 Å². The quantitative estimate of drug-likeness (QED) is 0.869. The number of thiocarbonyl (C=S) groups is 1. The Kier molecular flexibility index (Phi) is 4.01. The molecule has 4 nitrogen and oxygen atoms in total. The third kappa shape index (κ3) is 3.03. The zero-order valence-corrected chi connectivity index (χ0v) is 11.2. The minimum absolute atomic E-state index is 0.202. The Morgan fingerprint density at radius 2 is 2.16 bits per heavy atom. The Bertz CT molecular complexity index is 585. The smallest absolute Gasteiger partial charge is 0.151 e. The van der Waals surface area contributed by atoms with Crippen LogP contribution < -0.4 is 10.6 Å². The molecule has 0 amide bonds. The van der Waals surface area contributed by atoms with Crippen molar-refractivity contribution in [3.63, 3.8) is 0 Å². The first-order chi connectivity index (χ1) is 9.11. The molecule has 1 heterocycles. The Labute approximate surface area is 116 Å². The van der Waals surface area contributed by atoms with E-state index < -0.39 is 0 Å². The van der Waals surface area contributed by atoms with Gasteiger partial charge in [-0.3, -0.25) is 0 Å². The van der Waals surface area contributed by atoms with Crippen molar-refractivity contribution < 1.29 is 4.39 Å². The van der Waals surface area contributed by atoms with Crippen LogP contribution in [0.2, 0.25) is 0 Å². The first-order valence-corrected chi connectivity index (χ1v) is 6.17. The van der Waals surface area contributed by atoms with Crippen molar-refractivity contribution >= 4 is 28.7 Å². The number of benzene rings is 1. The molecule has 0 unspecified atom stereocenters. The molecule has 1 aromatic carbocycles. The lowest BCUT2D eigenvalue weighted by atomic mass is 10.2. The van der Waals surface area contributed by atoms with Gasteiger partial charge in [0, 0.05) is 12.2 Å². The van der Waals surface area contributed by atoms with E-state index in [0.717, 1.165) is 5.69 Å². The van der Waals surface area contributed by atoms with E-state index in [4.69, 9.17) is 18.0 Å². The van der Waals surface area contributed by atoms with E-state index in [1.165, 1.54) is 18.3 Å². The number of hydrogen-bond acceptors (Lipinski definition) is 4. The average Bonchev–Trinajstić information content (AvgIpc) is 2.40. The second kappa shape index (κ2) is 5.71. The third-order valence-corrected chi connectivity index (χ3v) is 2.81. The van der Waals surface area contributed by atoms with Gasteiger partial charge in [0.15, 0.2) is 5.82 Å². The molecule has 98 valence electrons. The van der Waals surface area contributed by atoms with Gasteiger partial charge in [0.1, 0.15) is 16.5 Å². The molecule has 6 heteroatoms. The maximum atomic E-state index is 13.3. The zero-order valence-electron chi connectivity index (χ0n) is 10.4. The minimum Gasteiger partial charge on any atom is -0.388 e. The number of rotatable bonds is 4. The van der Waals surface area contributed by atoms with E-state index in [0.29, 0.717) is 18.1 Å². The van der Waals surface area contributed by atoms with Crippen molar-refractivity contribution in [2.45, 2.75) is 6.92 Å². The van der Waals surface area contributed by atoms with Gasteiger partial charge in [0.25, 0.3) is 0 Å². The van der Waals surface area contributed by atoms with Gasteiger partial charge in [-0.25, -0.2) is 14.4 Å². The van der Waals surface area contributed by atoms with Gasteiger partial charge < -0.3 is 10.6 Å². The largest absolute Gasteiger partial charge is 0.388 e. The van der Waals surface area contributed by atoms with Crippen molar-refractivity contribution in [3.05, 3.63) is 48.2 Å². The lowest BCUT2D eigenvalue weighted by Crippen LogP contribution is -2.19. The van der Waals surface area contributed by atoms with Crippen LogP contribution in [0.15, 0.2) is 36.7 Å². The standard InChI is InChI=1S/C13H13FN4S/c1-2-18(10-5-3-4-9(14)6-10)12-8-16-11(7-17-12)13(15)19/h3-8H,2H2,1H3,(H2,15,19). The molecule has 0 spiro atoms. The van der Waals surface area contributed by atoms with E-state index >= 15 is 0 Å². The summed E-state index contributed by atoms with van der Waals surface area (Å²) in [5, 5.41) is 0. The molecule has 0 aliphatic heterocycles. The van der Waals surface area contributed by atoms with Crippen LogP contribution in [0.3, 0.4) is 0 Å². The fourth-order valence-electron chi connectivity index (χ4n) is 1.71. The lowest BCUT2D eigenvalue weighted by molar-refractivity contribution is 0.627. The number of aromatic nitrogens is 2. The average molecular weight is 276 g/mol. The highest BCUT2D eigenvalue weighted by atomic mass is 32.1. The summed E-state index contributed by atoms with van der Waals surface area (Å²) in [7, 11) is 0. The molecule has 2 rings (SSSR count). The van der Waals surface area contributed by atoms with Crippen molar-refractivity contribution in [1.29, 1.82) is 0 Å². The Morgan fingerprint density at radius 1 is 1.37 bits per heavy atom. The van der Waals surface area contributed by atoms with Crippen LogP contribution in [-0.2, 0) is 0 Å². The molecule has 19 heavy (non-hydrogen) atoms. The molecule has 0 saturated carbocycles. The summed E-state index contributed by atoms with van der Waals surface area (Å²) < 4.78 is 13.3. The second-order valence-corrected chi connectivity index (χ2v) is 4.29. The molecule has 0 fully saturated rings. The summed E-state index contributed by atoms with van der Waals surface area (Å²) in [5.41, 5.74) is 6.66. The van der Waals surface area contributed by atoms with Crippen LogP contribution in [0.5, 0.6) is 0 Å². The zero-order chi connectivity index (χ0) is 13.8. The topological polar surface area (TPSA) is 55.0 Å². The summed E-state index contributed by atoms with van der Waals surface area (Å²) in [6.07, 6.45) is 3.09. The molecular formula is C13H13FN4S. The predicted octanol–water partition coefficient (Wildman–Crippen LogP) is 2.41. The number of hydrogen-bond donors (Lipinski definition) is 1. The maximum absolute atomic E-state index is 13.3. The van der Waals surface area contributed by atoms with Gasteiger partial charge in [-0.15, -0.1) is 0 Å². The predicted molar refractivity (Wildman–Crippen MR) is 77.0 cm³/mol. The van der Waals surface area contributed by atoms with Crippen molar-refractivity contribution in [2.75, 3.05) is 11.4 Å². The van der Waals surface area contributed by atoms with Crippen LogP contribution >= 0.6 is 12.2 Å². The maximum Gasteiger partial charge on any atom is 0.151 e. The molecule has 2 N–H and O–H groups in total. The van der Waals surface area contributed by atoms with Gasteiger partial charge >= 0.3 is 0 Å². The summed E-state index contributed by atoms with van der Waals surface area (Å²) in [4.78, 5) is 10.4. The third-order valence-electron chi connectivity index (χ3n) is 2.60. The van der Waals surface area contributed by atoms with Gasteiger partial charge in [-0.2, -0.15) is 0 Å². The SMILES string of the molecule is CCN(c1cccc(F)c1)c1cnc(C(N)=S)cn1. The molecular weight excluding hydrogens is 263 g/mol. The monoisotopic (exact) mass is 276 g/mol. The fraction of sp³-hybridized carbons (Fsp3) is 0.154. The van der Waals surface area contributed by atoms with Gasteiger partial charge in [-0.1, -0.05) is 18.3 Å². The fourth-order valence-corrected chi connectivity index (χ4v) is 1.81. The van der Waals surface area contributed by atoms with Gasteiger partial charge in [-0.05, 0) is 25.1 Å². The number of nitrogens with two attached hydrogens (primary N) is 1. The van der Waals surface area contributed by atoms with Crippen LogP contribution in [0.1, 0.15) is 12.6 Å². The van der Waals surface area contributed by atoms with Gasteiger partial charge in [0.05, 0.1) is 12.4 Å². The Morgan fingerprint density at radius 3 is 2.68 bits per heavy atom. The summed E-state index contributed by atoms with van der Waals surface area (Å²) in [6.45, 7) is 2.60. The molecule has 2 aromatic rings. The minimum atomic E-state index is -0.288. The van der Waals surface area contributed by atoms with Gasteiger partial charge in [0.2, 0.25) is 0 Å². The van der Waals surface area contributed by atoms with E-state index in [1.54, 1.807) is 12.3 Å². The number of halogens is 1. The highest BCUT2D eigenvalue weighted by molar-refractivity contribution is 7.80. The van der Waals surface area contributed by atoms with Crippen molar-refractivity contribution in [3.8, 4) is 0 Å². The van der Waals surface area contributed by atoms with Crippen LogP contribution in [0, 0.1) is 5.82 Å². The number of anilines is 2. The van der Waals surface area contributed by atoms with E-state index in [9.17, 15) is 4.39 Å². The van der Waals surface area contributed by atoms with E-state index in [1.807, 2.05) is 17.9 Å². The molecule has 0 saturated heterocycles. The van der Waals surface area contributed by atoms with E-state index in [2.05, 4.69) is 9.97 Å². The van der Waals surface area contributed by atoms with Crippen LogP contribution in [0.4, 0.5) is 15.9 Å². The molecule has 0 aliphatic carbocycles. The Balaban J connectivity index is 2.34. The summed E-state index contributed by atoms with van der Waals surface area (Å²) >= 11 is 4.82. The first-order valence-electron chi connectivity index (χ1n) is 5.76. The van der Waals surface area contributed by atoms with Crippen molar-refractivity contribution in [1.82, 2.24) is 9.97 Å². The first kappa shape index (κ1) is 13.4. The molecule has 0 aliphatic rings. The Hall–Kier alpha value is -2.08. The lowest BCUT2D eigenvalue weighted by Gasteiger charge is -2.21. The summed E-state index contributed by atoms with van der Waals surface area (Å²) in [6, 6.07) is 6.32. The van der Waals surface area contributed by atoms with E-state index in [-0.39, 0.29) is 10.8 Å². The summed E-state index contributed by atoms with van der Waals surface area (Å²) in [5.74, 6) is 0.330. The molecule has 1 aromatic heterocycles. The second-order valence-electron chi connectivity index (χ2n) is 3.85. The highest BCUT2D eigenvalue weighted by Crippen LogP contribution is 2.23. The highest BCUT2D eigenvalue weighted by Gasteiger charge is 2.10. The number of nitrogens with zero attached hydrogens (tertiary/aromatic N) is 3. The normalized spacial score (nSPS) is 10.2. The molecule has 0 radical (unpaired) electrons. The molecule has 0 atom stereocenters. The molecule has 0 bridgehead atoms. The van der Waals surface area contributed by atoms with Crippen LogP contribution in [0.25, 0.3) is 0 Å². The van der Waals surface area contributed by atoms with Crippen LogP contribution in [-0.4, -0.2) is 21.5 Å².